The number of carboxylic acids is 1. The molecule has 0 saturated carbocycles. The van der Waals surface area contributed by atoms with E-state index in [-0.39, 0.29) is 5.56 Å². The first-order valence-corrected chi connectivity index (χ1v) is 8.33. The Hall–Kier alpha value is -2.77. The number of anilines is 1. The molecular weight excluding hydrogens is 365 g/mol. The molecule has 1 heterocycles. The van der Waals surface area contributed by atoms with E-state index in [0.717, 1.165) is 11.6 Å². The lowest BCUT2D eigenvalue weighted by Gasteiger charge is -2.01. The van der Waals surface area contributed by atoms with Crippen LogP contribution in [0.3, 0.4) is 0 Å². The highest BCUT2D eigenvalue weighted by Crippen LogP contribution is 2.30. The lowest BCUT2D eigenvalue weighted by Crippen LogP contribution is -2.06. The molecular formula is C17H11ClFN3O2S. The van der Waals surface area contributed by atoms with E-state index in [4.69, 9.17) is 16.7 Å². The first kappa shape index (κ1) is 17.1. The van der Waals surface area contributed by atoms with Gasteiger partial charge in [-0.3, -0.25) is 5.43 Å². The number of nitrogens with zero attached hydrogens (tertiary/aromatic N) is 2. The maximum absolute atomic E-state index is 13.6. The summed E-state index contributed by atoms with van der Waals surface area (Å²) in [6, 6.07) is 11.3. The van der Waals surface area contributed by atoms with Crippen LogP contribution in [-0.2, 0) is 0 Å². The molecule has 0 unspecified atom stereocenters. The Bertz CT molecular complexity index is 959. The van der Waals surface area contributed by atoms with Crippen LogP contribution in [0.15, 0.2) is 52.9 Å². The predicted molar refractivity (Wildman–Crippen MR) is 97.1 cm³/mol. The van der Waals surface area contributed by atoms with Crippen LogP contribution in [0.1, 0.15) is 15.9 Å². The number of rotatable bonds is 5. The minimum absolute atomic E-state index is 0.155. The van der Waals surface area contributed by atoms with Gasteiger partial charge in [0.2, 0.25) is 5.13 Å². The topological polar surface area (TPSA) is 74.6 Å². The van der Waals surface area contributed by atoms with Gasteiger partial charge in [0.1, 0.15) is 11.4 Å². The third kappa shape index (κ3) is 3.84. The molecule has 0 aliphatic heterocycles. The number of hydrogen-bond acceptors (Lipinski definition) is 5. The zero-order valence-electron chi connectivity index (χ0n) is 12.6. The highest BCUT2D eigenvalue weighted by atomic mass is 35.5. The monoisotopic (exact) mass is 375 g/mol. The second-order valence-corrected chi connectivity index (χ2v) is 6.16. The lowest BCUT2D eigenvalue weighted by atomic mass is 10.1. The summed E-state index contributed by atoms with van der Waals surface area (Å²) in [5.41, 5.74) is 3.94. The standard InChI is InChI=1S/C17H11ClFN3O2S/c18-12-6-2-1-5-11(12)14-9-25-17(21-14)22-20-8-10-4-3-7-13(19)15(10)16(23)24/h1-9H,(H,21,22)(H,23,24)/b20-8+. The summed E-state index contributed by atoms with van der Waals surface area (Å²) in [5, 5.41) is 15.9. The Morgan fingerprint density at radius 2 is 2.08 bits per heavy atom. The number of nitrogens with one attached hydrogen (secondary N) is 1. The van der Waals surface area contributed by atoms with E-state index in [1.807, 2.05) is 23.6 Å². The van der Waals surface area contributed by atoms with Crippen LogP contribution in [0.5, 0.6) is 0 Å². The third-order valence-electron chi connectivity index (χ3n) is 3.28. The highest BCUT2D eigenvalue weighted by molar-refractivity contribution is 7.14. The van der Waals surface area contributed by atoms with Gasteiger partial charge in [0.25, 0.3) is 0 Å². The SMILES string of the molecule is O=C(O)c1c(F)cccc1/C=N/Nc1nc(-c2ccccc2Cl)cs1. The molecule has 126 valence electrons. The quantitative estimate of drug-likeness (QED) is 0.498. The number of halogens is 2. The molecule has 3 rings (SSSR count). The summed E-state index contributed by atoms with van der Waals surface area (Å²) in [6.07, 6.45) is 1.24. The molecule has 0 amide bonds. The van der Waals surface area contributed by atoms with E-state index in [1.165, 1.54) is 29.7 Å². The third-order valence-corrected chi connectivity index (χ3v) is 4.35. The number of carbonyl (C=O) groups is 1. The Balaban J connectivity index is 1.77. The van der Waals surface area contributed by atoms with Crippen molar-refractivity contribution >= 4 is 40.3 Å². The smallest absolute Gasteiger partial charge is 0.339 e. The van der Waals surface area contributed by atoms with Gasteiger partial charge in [0.15, 0.2) is 0 Å². The average molecular weight is 376 g/mol. The van der Waals surface area contributed by atoms with Crippen molar-refractivity contribution in [2.24, 2.45) is 5.10 Å². The van der Waals surface area contributed by atoms with Crippen molar-refractivity contribution in [3.05, 3.63) is 69.8 Å². The first-order chi connectivity index (χ1) is 12.1. The Labute approximate surface area is 151 Å². The molecule has 1 aromatic heterocycles. The van der Waals surface area contributed by atoms with E-state index < -0.39 is 17.3 Å². The van der Waals surface area contributed by atoms with Gasteiger partial charge >= 0.3 is 5.97 Å². The molecule has 8 heteroatoms. The molecule has 0 radical (unpaired) electrons. The van der Waals surface area contributed by atoms with Gasteiger partial charge in [-0.2, -0.15) is 5.10 Å². The van der Waals surface area contributed by atoms with Gasteiger partial charge in [0.05, 0.1) is 11.9 Å². The van der Waals surface area contributed by atoms with Crippen LogP contribution in [0.2, 0.25) is 5.02 Å². The maximum atomic E-state index is 13.6. The summed E-state index contributed by atoms with van der Waals surface area (Å²) in [5.74, 6) is -2.17. The van der Waals surface area contributed by atoms with E-state index in [0.29, 0.717) is 15.8 Å². The molecule has 2 N–H and O–H groups in total. The van der Waals surface area contributed by atoms with E-state index >= 15 is 0 Å². The van der Waals surface area contributed by atoms with Crippen molar-refractivity contribution in [1.82, 2.24) is 4.98 Å². The number of carboxylic acid groups (broad SMARTS) is 1. The Morgan fingerprint density at radius 3 is 2.84 bits per heavy atom. The fourth-order valence-corrected chi connectivity index (χ4v) is 3.04. The van der Waals surface area contributed by atoms with Gasteiger partial charge in [0, 0.05) is 21.5 Å². The molecule has 0 spiro atoms. The van der Waals surface area contributed by atoms with E-state index in [9.17, 15) is 9.18 Å². The van der Waals surface area contributed by atoms with Gasteiger partial charge in [-0.15, -0.1) is 11.3 Å². The number of thiazole rings is 1. The van der Waals surface area contributed by atoms with Crippen LogP contribution < -0.4 is 5.43 Å². The van der Waals surface area contributed by atoms with Crippen LogP contribution in [0, 0.1) is 5.82 Å². The van der Waals surface area contributed by atoms with Crippen molar-refractivity contribution in [2.75, 3.05) is 5.43 Å². The van der Waals surface area contributed by atoms with Crippen molar-refractivity contribution < 1.29 is 14.3 Å². The summed E-state index contributed by atoms with van der Waals surface area (Å²) < 4.78 is 13.6. The number of aromatic carboxylic acids is 1. The molecule has 5 nitrogen and oxygen atoms in total. The van der Waals surface area contributed by atoms with E-state index in [2.05, 4.69) is 15.5 Å². The molecule has 0 saturated heterocycles. The number of aromatic nitrogens is 1. The van der Waals surface area contributed by atoms with E-state index in [1.54, 1.807) is 6.07 Å². The number of benzene rings is 2. The highest BCUT2D eigenvalue weighted by Gasteiger charge is 2.14. The van der Waals surface area contributed by atoms with Crippen LogP contribution in [-0.4, -0.2) is 22.3 Å². The van der Waals surface area contributed by atoms with Crippen LogP contribution in [0.25, 0.3) is 11.3 Å². The van der Waals surface area contributed by atoms with Gasteiger partial charge in [-0.05, 0) is 12.1 Å². The largest absolute Gasteiger partial charge is 0.478 e. The number of hydrogen-bond donors (Lipinski definition) is 2. The summed E-state index contributed by atoms with van der Waals surface area (Å²) in [6.45, 7) is 0. The Kier molecular flexibility index (Phi) is 5.06. The van der Waals surface area contributed by atoms with Crippen LogP contribution >= 0.6 is 22.9 Å². The second kappa shape index (κ2) is 7.42. The summed E-state index contributed by atoms with van der Waals surface area (Å²) >= 11 is 7.45. The fraction of sp³-hybridized carbons (Fsp3) is 0. The normalized spacial score (nSPS) is 11.0. The zero-order valence-corrected chi connectivity index (χ0v) is 14.2. The maximum Gasteiger partial charge on any atom is 0.339 e. The molecule has 0 aliphatic carbocycles. The van der Waals surface area contributed by atoms with Crippen molar-refractivity contribution in [3.63, 3.8) is 0 Å². The van der Waals surface area contributed by atoms with Crippen LogP contribution in [0.4, 0.5) is 9.52 Å². The van der Waals surface area contributed by atoms with Gasteiger partial charge < -0.3 is 5.11 Å². The molecule has 3 aromatic rings. The lowest BCUT2D eigenvalue weighted by molar-refractivity contribution is 0.0692. The summed E-state index contributed by atoms with van der Waals surface area (Å²) in [7, 11) is 0. The van der Waals surface area contributed by atoms with Crippen molar-refractivity contribution in [1.29, 1.82) is 0 Å². The molecule has 0 aliphatic rings. The summed E-state index contributed by atoms with van der Waals surface area (Å²) in [4.78, 5) is 15.5. The zero-order chi connectivity index (χ0) is 17.8. The molecule has 2 aromatic carbocycles. The minimum atomic E-state index is -1.35. The molecule has 0 fully saturated rings. The van der Waals surface area contributed by atoms with Gasteiger partial charge in [-0.1, -0.05) is 41.9 Å². The van der Waals surface area contributed by atoms with Crippen molar-refractivity contribution in [3.8, 4) is 11.3 Å². The van der Waals surface area contributed by atoms with Gasteiger partial charge in [-0.25, -0.2) is 14.2 Å². The average Bonchev–Trinajstić information content (AvgIpc) is 3.03. The molecule has 0 atom stereocenters. The fourth-order valence-electron chi connectivity index (χ4n) is 2.15. The Morgan fingerprint density at radius 1 is 1.28 bits per heavy atom. The minimum Gasteiger partial charge on any atom is -0.478 e. The van der Waals surface area contributed by atoms with Crippen molar-refractivity contribution in [2.45, 2.75) is 0 Å². The number of hydrazone groups is 1. The molecule has 0 bridgehead atoms. The predicted octanol–water partition coefficient (Wildman–Crippen LogP) is 4.75. The molecule has 25 heavy (non-hydrogen) atoms. The first-order valence-electron chi connectivity index (χ1n) is 7.07. The second-order valence-electron chi connectivity index (χ2n) is 4.90.